The van der Waals surface area contributed by atoms with E-state index in [2.05, 4.69) is 5.32 Å². The van der Waals surface area contributed by atoms with Gasteiger partial charge in [-0.25, -0.2) is 9.18 Å². The van der Waals surface area contributed by atoms with Crippen LogP contribution in [0.3, 0.4) is 0 Å². The summed E-state index contributed by atoms with van der Waals surface area (Å²) in [6.07, 6.45) is 3.00. The van der Waals surface area contributed by atoms with E-state index < -0.39 is 23.3 Å². The van der Waals surface area contributed by atoms with E-state index in [4.69, 9.17) is 5.11 Å². The molecular weight excluding hydrogens is 293 g/mol. The molecule has 21 heavy (non-hydrogen) atoms. The molecule has 0 fully saturated rings. The van der Waals surface area contributed by atoms with Crippen molar-refractivity contribution in [2.24, 2.45) is 0 Å². The number of carboxylic acid groups (broad SMARTS) is 1. The highest BCUT2D eigenvalue weighted by Crippen LogP contribution is 2.17. The first-order chi connectivity index (χ1) is 9.95. The van der Waals surface area contributed by atoms with Crippen LogP contribution in [0, 0.1) is 12.7 Å². The number of aryl methyl sites for hydroxylation is 1. The van der Waals surface area contributed by atoms with Crippen LogP contribution >= 0.6 is 11.3 Å². The number of hydrogen-bond acceptors (Lipinski definition) is 3. The summed E-state index contributed by atoms with van der Waals surface area (Å²) in [6, 6.07) is 7.27. The lowest BCUT2D eigenvalue weighted by Crippen LogP contribution is -2.09. The van der Waals surface area contributed by atoms with Gasteiger partial charge in [-0.05, 0) is 43.3 Å². The molecule has 0 unspecified atom stereocenters. The number of carbonyl (C=O) groups excluding carboxylic acids is 1. The zero-order valence-electron chi connectivity index (χ0n) is 11.1. The third kappa shape index (κ3) is 4.00. The number of benzene rings is 1. The first kappa shape index (κ1) is 14.9. The number of hydrogen-bond donors (Lipinski definition) is 2. The molecule has 108 valence electrons. The summed E-state index contributed by atoms with van der Waals surface area (Å²) in [7, 11) is 0. The molecule has 1 aromatic heterocycles. The Hall–Kier alpha value is -2.47. The van der Waals surface area contributed by atoms with Crippen LogP contribution in [-0.2, 0) is 4.79 Å². The fourth-order valence-electron chi connectivity index (χ4n) is 1.65. The minimum atomic E-state index is -1.35. The Bertz CT molecular complexity index is 721. The van der Waals surface area contributed by atoms with E-state index >= 15 is 0 Å². The third-order valence-electron chi connectivity index (χ3n) is 2.63. The van der Waals surface area contributed by atoms with Gasteiger partial charge in [0.05, 0.1) is 5.56 Å². The van der Waals surface area contributed by atoms with Crippen molar-refractivity contribution in [2.45, 2.75) is 6.92 Å². The summed E-state index contributed by atoms with van der Waals surface area (Å²) in [5.41, 5.74) is -0.230. The van der Waals surface area contributed by atoms with Gasteiger partial charge in [-0.2, -0.15) is 0 Å². The van der Waals surface area contributed by atoms with Crippen molar-refractivity contribution in [2.75, 3.05) is 5.32 Å². The smallest absolute Gasteiger partial charge is 0.338 e. The maximum absolute atomic E-state index is 13.5. The van der Waals surface area contributed by atoms with Gasteiger partial charge in [0.15, 0.2) is 0 Å². The predicted molar refractivity (Wildman–Crippen MR) is 80.1 cm³/mol. The molecule has 0 spiro atoms. The van der Waals surface area contributed by atoms with Gasteiger partial charge in [-0.3, -0.25) is 4.79 Å². The normalized spacial score (nSPS) is 10.8. The molecule has 4 nitrogen and oxygen atoms in total. The maximum Gasteiger partial charge on any atom is 0.338 e. The zero-order valence-corrected chi connectivity index (χ0v) is 11.9. The molecule has 2 rings (SSSR count). The summed E-state index contributed by atoms with van der Waals surface area (Å²) < 4.78 is 13.5. The molecular formula is C15H12FNO3S. The Morgan fingerprint density at radius 1 is 1.29 bits per heavy atom. The summed E-state index contributed by atoms with van der Waals surface area (Å²) in [5, 5.41) is 11.2. The first-order valence-corrected chi connectivity index (χ1v) is 6.85. The lowest BCUT2D eigenvalue weighted by molar-refractivity contribution is -0.111. The third-order valence-corrected chi connectivity index (χ3v) is 3.59. The SMILES string of the molecule is Cc1ccc(/C=C/C(=O)Nc2ccc(C(=O)O)c(F)c2)s1. The number of thiophene rings is 1. The van der Waals surface area contributed by atoms with Crippen LogP contribution in [0.5, 0.6) is 0 Å². The number of halogens is 1. The van der Waals surface area contributed by atoms with E-state index in [1.807, 2.05) is 19.1 Å². The van der Waals surface area contributed by atoms with Crippen molar-refractivity contribution in [3.8, 4) is 0 Å². The standard InChI is InChI=1S/C15H12FNO3S/c1-9-2-4-11(21-9)5-7-14(18)17-10-3-6-12(15(19)20)13(16)8-10/h2-8H,1H3,(H,17,18)(H,19,20)/b7-5+. The summed E-state index contributed by atoms with van der Waals surface area (Å²) in [6.45, 7) is 1.97. The Labute approximate surface area is 124 Å². The Kier molecular flexibility index (Phi) is 4.49. The molecule has 0 aliphatic heterocycles. The summed E-state index contributed by atoms with van der Waals surface area (Å²) in [4.78, 5) is 24.4. The second-order valence-corrected chi connectivity index (χ2v) is 5.59. The quantitative estimate of drug-likeness (QED) is 0.849. The number of anilines is 1. The van der Waals surface area contributed by atoms with Gasteiger partial charge in [0.25, 0.3) is 0 Å². The van der Waals surface area contributed by atoms with Crippen LogP contribution < -0.4 is 5.32 Å². The Morgan fingerprint density at radius 3 is 2.62 bits per heavy atom. The van der Waals surface area contributed by atoms with Gasteiger partial charge >= 0.3 is 5.97 Å². The summed E-state index contributed by atoms with van der Waals surface area (Å²) >= 11 is 1.55. The molecule has 0 saturated heterocycles. The van der Waals surface area contributed by atoms with Crippen LogP contribution in [0.25, 0.3) is 6.08 Å². The van der Waals surface area contributed by atoms with Crippen molar-refractivity contribution in [3.05, 3.63) is 57.5 Å². The van der Waals surface area contributed by atoms with Crippen LogP contribution in [0.15, 0.2) is 36.4 Å². The van der Waals surface area contributed by atoms with Crippen LogP contribution in [0.1, 0.15) is 20.1 Å². The van der Waals surface area contributed by atoms with E-state index in [9.17, 15) is 14.0 Å². The highest BCUT2D eigenvalue weighted by molar-refractivity contribution is 7.12. The molecule has 1 aromatic carbocycles. The zero-order chi connectivity index (χ0) is 15.4. The number of amides is 1. The lowest BCUT2D eigenvalue weighted by Gasteiger charge is -2.03. The average molecular weight is 305 g/mol. The van der Waals surface area contributed by atoms with Crippen LogP contribution in [0.2, 0.25) is 0 Å². The van der Waals surface area contributed by atoms with Gasteiger partial charge in [0.1, 0.15) is 5.82 Å². The van der Waals surface area contributed by atoms with Crippen molar-refractivity contribution in [3.63, 3.8) is 0 Å². The van der Waals surface area contributed by atoms with E-state index in [1.54, 1.807) is 17.4 Å². The minimum absolute atomic E-state index is 0.203. The largest absolute Gasteiger partial charge is 0.478 e. The number of carbonyl (C=O) groups is 2. The van der Waals surface area contributed by atoms with E-state index in [1.165, 1.54) is 12.1 Å². The van der Waals surface area contributed by atoms with Gasteiger partial charge in [-0.1, -0.05) is 0 Å². The number of nitrogens with one attached hydrogen (secondary N) is 1. The molecule has 2 N–H and O–H groups in total. The van der Waals surface area contributed by atoms with Gasteiger partial charge in [-0.15, -0.1) is 11.3 Å². The van der Waals surface area contributed by atoms with Crippen molar-refractivity contribution < 1.29 is 19.1 Å². The fraction of sp³-hybridized carbons (Fsp3) is 0.0667. The highest BCUT2D eigenvalue weighted by Gasteiger charge is 2.10. The van der Waals surface area contributed by atoms with E-state index in [0.717, 1.165) is 21.9 Å². The van der Waals surface area contributed by atoms with Crippen molar-refractivity contribution >= 4 is 35.0 Å². The second kappa shape index (κ2) is 6.32. The van der Waals surface area contributed by atoms with E-state index in [0.29, 0.717) is 0 Å². The molecule has 2 aromatic rings. The number of aromatic carboxylic acids is 1. The van der Waals surface area contributed by atoms with Crippen molar-refractivity contribution in [1.82, 2.24) is 0 Å². The van der Waals surface area contributed by atoms with Crippen LogP contribution in [-0.4, -0.2) is 17.0 Å². The molecule has 0 bridgehead atoms. The fourth-order valence-corrected chi connectivity index (χ4v) is 2.43. The van der Waals surface area contributed by atoms with Gasteiger partial charge in [0.2, 0.25) is 5.91 Å². The molecule has 0 saturated carbocycles. The van der Waals surface area contributed by atoms with Gasteiger partial charge in [0, 0.05) is 21.5 Å². The number of rotatable bonds is 4. The van der Waals surface area contributed by atoms with Crippen molar-refractivity contribution in [1.29, 1.82) is 0 Å². The summed E-state index contributed by atoms with van der Waals surface area (Å²) in [5.74, 6) is -2.65. The topological polar surface area (TPSA) is 66.4 Å². The molecule has 0 aliphatic carbocycles. The molecule has 0 aliphatic rings. The highest BCUT2D eigenvalue weighted by atomic mass is 32.1. The predicted octanol–water partition coefficient (Wildman–Crippen LogP) is 3.55. The molecule has 0 atom stereocenters. The molecule has 6 heteroatoms. The van der Waals surface area contributed by atoms with Gasteiger partial charge < -0.3 is 10.4 Å². The minimum Gasteiger partial charge on any atom is -0.478 e. The maximum atomic E-state index is 13.5. The average Bonchev–Trinajstić information content (AvgIpc) is 2.82. The van der Waals surface area contributed by atoms with E-state index in [-0.39, 0.29) is 5.69 Å². The Balaban J connectivity index is 2.04. The molecule has 1 amide bonds. The lowest BCUT2D eigenvalue weighted by atomic mass is 10.2. The Morgan fingerprint density at radius 2 is 2.05 bits per heavy atom. The first-order valence-electron chi connectivity index (χ1n) is 6.04. The van der Waals surface area contributed by atoms with Crippen LogP contribution in [0.4, 0.5) is 10.1 Å². The second-order valence-electron chi connectivity index (χ2n) is 4.27. The molecule has 1 heterocycles. The number of carboxylic acids is 1. The monoisotopic (exact) mass is 305 g/mol. The molecule has 0 radical (unpaired) electrons.